The average molecular weight is 573 g/mol. The van der Waals surface area contributed by atoms with E-state index >= 15 is 0 Å². The van der Waals surface area contributed by atoms with Crippen LogP contribution in [0, 0.1) is 0 Å². The summed E-state index contributed by atoms with van der Waals surface area (Å²) in [5, 5.41) is 1.57. The second-order valence-electron chi connectivity index (χ2n) is 10.3. The summed E-state index contributed by atoms with van der Waals surface area (Å²) in [6.07, 6.45) is 0. The monoisotopic (exact) mass is 572 g/mol. The van der Waals surface area contributed by atoms with E-state index in [0.29, 0.717) is 39.9 Å². The molecule has 0 aliphatic heterocycles. The van der Waals surface area contributed by atoms with Crippen molar-refractivity contribution in [3.63, 3.8) is 0 Å². The van der Waals surface area contributed by atoms with E-state index in [1.165, 1.54) is 4.57 Å². The van der Waals surface area contributed by atoms with Gasteiger partial charge in [0.2, 0.25) is 0 Å². The first kappa shape index (κ1) is 17.8. The Morgan fingerprint density at radius 1 is 0.523 bits per heavy atom. The van der Waals surface area contributed by atoms with Gasteiger partial charge in [-0.2, -0.15) is 0 Å². The van der Waals surface area contributed by atoms with Crippen molar-refractivity contribution in [3.05, 3.63) is 145 Å². The number of hydrogen-bond donors (Lipinski definition) is 0. The van der Waals surface area contributed by atoms with Gasteiger partial charge in [-0.3, -0.25) is 0 Å². The minimum Gasteiger partial charge on any atom is -0.455 e. The van der Waals surface area contributed by atoms with E-state index in [-0.39, 0.29) is 46.0 Å². The minimum absolute atomic E-state index is 0.0123. The van der Waals surface area contributed by atoms with Gasteiger partial charge < -0.3 is 8.98 Å². The molecule has 0 atom stereocenters. The van der Waals surface area contributed by atoms with Crippen LogP contribution in [0.3, 0.4) is 0 Å². The minimum atomic E-state index is -0.492. The number of hydrogen-bond acceptors (Lipinski definition) is 4. The van der Waals surface area contributed by atoms with Crippen molar-refractivity contribution in [1.82, 2.24) is 19.5 Å². The SMILES string of the molecule is [2H]c1c([2H])c([2H])c2c(c1[2H])c1c([2H])c([2H])c([2H])c([2H])c1n2-c1ccc2c(c1)oc1c(-c3nc(-c4ccccc4)nc(-c4ccccc4)n3)cccc12. The van der Waals surface area contributed by atoms with Crippen LogP contribution >= 0.6 is 0 Å². The summed E-state index contributed by atoms with van der Waals surface area (Å²) in [7, 11) is 0. The van der Waals surface area contributed by atoms with Gasteiger partial charge in [-0.05, 0) is 30.3 Å². The topological polar surface area (TPSA) is 56.7 Å². The highest BCUT2D eigenvalue weighted by molar-refractivity contribution is 6.11. The fourth-order valence-corrected chi connectivity index (χ4v) is 5.71. The Bertz CT molecular complexity index is 2810. The summed E-state index contributed by atoms with van der Waals surface area (Å²) in [6, 6.07) is 26.8. The normalized spacial score (nSPS) is 14.2. The van der Waals surface area contributed by atoms with Crippen molar-refractivity contribution in [1.29, 1.82) is 0 Å². The number of furan rings is 1. The molecule has 5 nitrogen and oxygen atoms in total. The Morgan fingerprint density at radius 3 is 1.75 bits per heavy atom. The Kier molecular flexibility index (Phi) is 3.94. The van der Waals surface area contributed by atoms with Crippen molar-refractivity contribution in [2.45, 2.75) is 0 Å². The van der Waals surface area contributed by atoms with Crippen molar-refractivity contribution in [2.24, 2.45) is 0 Å². The van der Waals surface area contributed by atoms with E-state index in [2.05, 4.69) is 0 Å². The Hall–Kier alpha value is -6.07. The van der Waals surface area contributed by atoms with Crippen molar-refractivity contribution >= 4 is 43.7 Å². The molecule has 0 aliphatic rings. The molecule has 0 N–H and O–H groups in total. The number of rotatable bonds is 4. The van der Waals surface area contributed by atoms with E-state index in [1.54, 1.807) is 12.1 Å². The van der Waals surface area contributed by atoms with Gasteiger partial charge in [0.15, 0.2) is 17.5 Å². The molecule has 0 aliphatic carbocycles. The maximum atomic E-state index is 8.86. The number of nitrogens with zero attached hydrogens (tertiary/aromatic N) is 4. The summed E-state index contributed by atoms with van der Waals surface area (Å²) in [6.45, 7) is 0. The largest absolute Gasteiger partial charge is 0.455 e. The molecule has 3 heterocycles. The van der Waals surface area contributed by atoms with E-state index in [0.717, 1.165) is 21.9 Å². The highest BCUT2D eigenvalue weighted by atomic mass is 16.3. The first-order valence-corrected chi connectivity index (χ1v) is 14.0. The zero-order valence-electron chi connectivity index (χ0n) is 30.9. The molecule has 6 aromatic carbocycles. The second kappa shape index (κ2) is 9.75. The van der Waals surface area contributed by atoms with Crippen LogP contribution in [0.4, 0.5) is 0 Å². The number of para-hydroxylation sites is 3. The van der Waals surface area contributed by atoms with Crippen LogP contribution in [0.25, 0.3) is 83.6 Å². The third-order valence-electron chi connectivity index (χ3n) is 7.71. The Labute approximate surface area is 263 Å². The first-order valence-electron chi connectivity index (χ1n) is 18.0. The lowest BCUT2D eigenvalue weighted by Crippen LogP contribution is -2.00. The molecule has 0 radical (unpaired) electrons. The highest BCUT2D eigenvalue weighted by Gasteiger charge is 2.19. The molecule has 206 valence electrons. The van der Waals surface area contributed by atoms with E-state index < -0.39 is 24.2 Å². The van der Waals surface area contributed by atoms with Crippen LogP contribution in [-0.4, -0.2) is 19.5 Å². The first-order chi connectivity index (χ1) is 25.1. The van der Waals surface area contributed by atoms with Crippen molar-refractivity contribution < 1.29 is 15.4 Å². The molecule has 0 unspecified atom stereocenters. The lowest BCUT2D eigenvalue weighted by atomic mass is 10.1. The van der Waals surface area contributed by atoms with Gasteiger partial charge >= 0.3 is 0 Å². The van der Waals surface area contributed by atoms with Crippen molar-refractivity contribution in [2.75, 3.05) is 0 Å². The Balaban J connectivity index is 1.31. The lowest BCUT2D eigenvalue weighted by Gasteiger charge is -2.08. The van der Waals surface area contributed by atoms with Crippen LogP contribution in [0.2, 0.25) is 0 Å². The Morgan fingerprint density at radius 2 is 1.11 bits per heavy atom. The van der Waals surface area contributed by atoms with Crippen LogP contribution in [0.5, 0.6) is 0 Å². The molecule has 0 bridgehead atoms. The quantitative estimate of drug-likeness (QED) is 0.211. The smallest absolute Gasteiger partial charge is 0.167 e. The molecule has 9 aromatic rings. The summed E-state index contributed by atoms with van der Waals surface area (Å²) in [5.74, 6) is 1.41. The van der Waals surface area contributed by atoms with E-state index in [4.69, 9.17) is 30.3 Å². The summed E-state index contributed by atoms with van der Waals surface area (Å²) in [4.78, 5) is 14.6. The lowest BCUT2D eigenvalue weighted by molar-refractivity contribution is 0.669. The second-order valence-corrected chi connectivity index (χ2v) is 10.3. The van der Waals surface area contributed by atoms with E-state index in [9.17, 15) is 0 Å². The summed E-state index contributed by atoms with van der Waals surface area (Å²) >= 11 is 0. The average Bonchev–Trinajstić information content (AvgIpc) is 3.74. The zero-order valence-corrected chi connectivity index (χ0v) is 22.9. The standard InChI is InChI=1S/C39H24N4O/c1-3-12-25(13-4-1)37-40-38(26-14-5-2-6-15-26)42-39(41-37)32-19-11-18-31-30-23-22-27(24-35(30)44-36(31)32)43-33-20-9-7-16-28(33)29-17-8-10-21-34(29)43/h1-24H/i7D,8D,9D,10D,16D,17D,20D,21D. The molecule has 0 fully saturated rings. The molecule has 3 aromatic heterocycles. The maximum absolute atomic E-state index is 8.86. The third kappa shape index (κ3) is 3.83. The molecule has 5 heteroatoms. The summed E-state index contributed by atoms with van der Waals surface area (Å²) in [5.41, 5.74) is 3.71. The number of fused-ring (bicyclic) bond motifs is 6. The fraction of sp³-hybridized carbons (Fsp3) is 0. The van der Waals surface area contributed by atoms with Gasteiger partial charge in [-0.25, -0.2) is 15.0 Å². The number of benzene rings is 6. The molecular weight excluding hydrogens is 540 g/mol. The van der Waals surface area contributed by atoms with Crippen LogP contribution in [0.15, 0.2) is 150 Å². The molecule has 0 saturated carbocycles. The van der Waals surface area contributed by atoms with Crippen LogP contribution < -0.4 is 0 Å². The third-order valence-corrected chi connectivity index (χ3v) is 7.71. The van der Waals surface area contributed by atoms with Gasteiger partial charge in [0.05, 0.1) is 27.6 Å². The maximum Gasteiger partial charge on any atom is 0.167 e. The van der Waals surface area contributed by atoms with Gasteiger partial charge in [0.25, 0.3) is 0 Å². The van der Waals surface area contributed by atoms with Gasteiger partial charge in [0, 0.05) is 44.4 Å². The van der Waals surface area contributed by atoms with Gasteiger partial charge in [0.1, 0.15) is 11.2 Å². The van der Waals surface area contributed by atoms with Crippen molar-refractivity contribution in [3.8, 4) is 39.9 Å². The summed E-state index contributed by atoms with van der Waals surface area (Å²) < 4.78 is 76.8. The molecule has 44 heavy (non-hydrogen) atoms. The van der Waals surface area contributed by atoms with Crippen LogP contribution in [-0.2, 0) is 0 Å². The molecular formula is C39H24N4O. The highest BCUT2D eigenvalue weighted by Crippen LogP contribution is 2.38. The predicted molar refractivity (Wildman–Crippen MR) is 178 cm³/mol. The predicted octanol–water partition coefficient (Wildman–Crippen LogP) is 9.87. The molecule has 0 amide bonds. The van der Waals surface area contributed by atoms with Gasteiger partial charge in [-0.15, -0.1) is 0 Å². The molecule has 0 saturated heterocycles. The van der Waals surface area contributed by atoms with Crippen LogP contribution in [0.1, 0.15) is 11.0 Å². The van der Waals surface area contributed by atoms with Gasteiger partial charge in [-0.1, -0.05) is 109 Å². The molecule has 0 spiro atoms. The fourth-order valence-electron chi connectivity index (χ4n) is 5.71. The number of aromatic nitrogens is 4. The van der Waals surface area contributed by atoms with E-state index in [1.807, 2.05) is 84.9 Å². The zero-order chi connectivity index (χ0) is 36.0. The molecule has 9 rings (SSSR count).